The molecule has 110 valence electrons. The summed E-state index contributed by atoms with van der Waals surface area (Å²) in [7, 11) is -3.17. The first-order chi connectivity index (χ1) is 8.97. The average molecular weight is 291 g/mol. The van der Waals surface area contributed by atoms with Crippen molar-refractivity contribution in [2.24, 2.45) is 0 Å². The fourth-order valence-electron chi connectivity index (χ4n) is 2.39. The van der Waals surface area contributed by atoms with E-state index < -0.39 is 10.0 Å². The quantitative estimate of drug-likeness (QED) is 0.740. The van der Waals surface area contributed by atoms with Gasteiger partial charge >= 0.3 is 6.03 Å². The lowest BCUT2D eigenvalue weighted by atomic mass is 10.1. The van der Waals surface area contributed by atoms with Crippen LogP contribution >= 0.6 is 0 Å². The molecular formula is C11H21N3O4S. The van der Waals surface area contributed by atoms with Gasteiger partial charge in [0.1, 0.15) is 0 Å². The van der Waals surface area contributed by atoms with Crippen molar-refractivity contribution in [3.8, 4) is 0 Å². The number of amides is 2. The minimum atomic E-state index is -3.17. The summed E-state index contributed by atoms with van der Waals surface area (Å²) < 4.78 is 29.6. The Bertz CT molecular complexity index is 420. The minimum absolute atomic E-state index is 0.0983. The molecule has 0 radical (unpaired) electrons. The van der Waals surface area contributed by atoms with Crippen LogP contribution in [-0.4, -0.2) is 75.3 Å². The van der Waals surface area contributed by atoms with Crippen molar-refractivity contribution in [2.45, 2.75) is 18.9 Å². The molecule has 2 amide bonds. The van der Waals surface area contributed by atoms with Gasteiger partial charge in [0.05, 0.1) is 19.5 Å². The predicted molar refractivity (Wildman–Crippen MR) is 70.4 cm³/mol. The molecule has 0 aromatic rings. The maximum Gasteiger partial charge on any atom is 0.317 e. The maximum absolute atomic E-state index is 12.0. The summed E-state index contributed by atoms with van der Waals surface area (Å²) in [5, 5.41) is 2.92. The van der Waals surface area contributed by atoms with E-state index in [1.54, 1.807) is 4.90 Å². The van der Waals surface area contributed by atoms with E-state index in [1.807, 2.05) is 0 Å². The molecule has 1 N–H and O–H groups in total. The number of urea groups is 1. The van der Waals surface area contributed by atoms with E-state index in [0.717, 1.165) is 12.8 Å². The van der Waals surface area contributed by atoms with E-state index in [-0.39, 0.29) is 12.1 Å². The number of rotatable bonds is 2. The van der Waals surface area contributed by atoms with Crippen molar-refractivity contribution in [3.63, 3.8) is 0 Å². The Balaban J connectivity index is 1.86. The van der Waals surface area contributed by atoms with E-state index in [9.17, 15) is 13.2 Å². The van der Waals surface area contributed by atoms with Gasteiger partial charge in [0, 0.05) is 32.2 Å². The second kappa shape index (κ2) is 6.06. The summed E-state index contributed by atoms with van der Waals surface area (Å²) in [6.07, 6.45) is 2.81. The summed E-state index contributed by atoms with van der Waals surface area (Å²) in [6.45, 7) is 3.22. The summed E-state index contributed by atoms with van der Waals surface area (Å²) in [5.74, 6) is 0. The van der Waals surface area contributed by atoms with Crippen molar-refractivity contribution in [1.29, 1.82) is 0 Å². The molecule has 8 heteroatoms. The number of ether oxygens (including phenoxy) is 1. The van der Waals surface area contributed by atoms with Gasteiger partial charge in [-0.15, -0.1) is 0 Å². The van der Waals surface area contributed by atoms with Crippen LogP contribution in [0.5, 0.6) is 0 Å². The van der Waals surface area contributed by atoms with Crippen LogP contribution in [0.4, 0.5) is 4.79 Å². The van der Waals surface area contributed by atoms with Gasteiger partial charge in [0.15, 0.2) is 0 Å². The van der Waals surface area contributed by atoms with E-state index in [2.05, 4.69) is 5.32 Å². The molecule has 7 nitrogen and oxygen atoms in total. The molecule has 1 atom stereocenters. The van der Waals surface area contributed by atoms with Crippen LogP contribution in [0.25, 0.3) is 0 Å². The van der Waals surface area contributed by atoms with Crippen LogP contribution in [0.2, 0.25) is 0 Å². The molecule has 0 aliphatic carbocycles. The zero-order chi connectivity index (χ0) is 13.9. The number of sulfonamides is 1. The highest BCUT2D eigenvalue weighted by Crippen LogP contribution is 2.13. The van der Waals surface area contributed by atoms with E-state index in [0.29, 0.717) is 39.4 Å². The van der Waals surface area contributed by atoms with Gasteiger partial charge in [-0.05, 0) is 12.8 Å². The van der Waals surface area contributed by atoms with Crippen LogP contribution < -0.4 is 5.32 Å². The Hall–Kier alpha value is -0.860. The maximum atomic E-state index is 12.0. The molecule has 2 fully saturated rings. The highest BCUT2D eigenvalue weighted by atomic mass is 32.2. The molecule has 0 aromatic carbocycles. The molecule has 0 spiro atoms. The first-order valence-corrected chi connectivity index (χ1v) is 8.40. The second-order valence-electron chi connectivity index (χ2n) is 5.01. The Morgan fingerprint density at radius 2 is 1.95 bits per heavy atom. The molecular weight excluding hydrogens is 270 g/mol. The smallest absolute Gasteiger partial charge is 0.317 e. The third-order valence-electron chi connectivity index (χ3n) is 3.48. The zero-order valence-electron chi connectivity index (χ0n) is 11.2. The van der Waals surface area contributed by atoms with Crippen molar-refractivity contribution in [2.75, 3.05) is 45.6 Å². The lowest BCUT2D eigenvalue weighted by molar-refractivity contribution is 0.0519. The summed E-state index contributed by atoms with van der Waals surface area (Å²) in [4.78, 5) is 13.7. The van der Waals surface area contributed by atoms with Crippen LogP contribution in [0.1, 0.15) is 12.8 Å². The van der Waals surface area contributed by atoms with Crippen molar-refractivity contribution in [3.05, 3.63) is 0 Å². The number of nitrogens with one attached hydrogen (secondary N) is 1. The van der Waals surface area contributed by atoms with Crippen LogP contribution in [0.15, 0.2) is 0 Å². The summed E-state index contributed by atoms with van der Waals surface area (Å²) in [5.41, 5.74) is 0. The molecule has 2 saturated heterocycles. The Labute approximate surface area is 113 Å². The Morgan fingerprint density at radius 3 is 2.58 bits per heavy atom. The van der Waals surface area contributed by atoms with Crippen molar-refractivity contribution >= 4 is 16.1 Å². The van der Waals surface area contributed by atoms with Gasteiger partial charge in [-0.3, -0.25) is 0 Å². The van der Waals surface area contributed by atoms with E-state index in [1.165, 1.54) is 10.6 Å². The van der Waals surface area contributed by atoms with E-state index >= 15 is 0 Å². The number of hydrogen-bond acceptors (Lipinski definition) is 4. The second-order valence-corrected chi connectivity index (χ2v) is 6.99. The monoisotopic (exact) mass is 291 g/mol. The molecule has 2 aliphatic heterocycles. The summed E-state index contributed by atoms with van der Waals surface area (Å²) in [6, 6.07) is -0.220. The molecule has 2 heterocycles. The molecule has 0 saturated carbocycles. The third kappa shape index (κ3) is 4.05. The third-order valence-corrected chi connectivity index (χ3v) is 4.75. The number of morpholine rings is 1. The Morgan fingerprint density at radius 1 is 1.26 bits per heavy atom. The first-order valence-electron chi connectivity index (χ1n) is 6.55. The van der Waals surface area contributed by atoms with E-state index in [4.69, 9.17) is 4.74 Å². The molecule has 19 heavy (non-hydrogen) atoms. The van der Waals surface area contributed by atoms with Gasteiger partial charge < -0.3 is 15.0 Å². The first kappa shape index (κ1) is 14.5. The highest BCUT2D eigenvalue weighted by molar-refractivity contribution is 7.88. The minimum Gasteiger partial charge on any atom is -0.378 e. The van der Waals surface area contributed by atoms with Gasteiger partial charge in [-0.2, -0.15) is 0 Å². The fourth-order valence-corrected chi connectivity index (χ4v) is 3.31. The summed E-state index contributed by atoms with van der Waals surface area (Å²) >= 11 is 0. The predicted octanol–water partition coefficient (Wildman–Crippen LogP) is -0.548. The van der Waals surface area contributed by atoms with Crippen LogP contribution in [-0.2, 0) is 14.8 Å². The molecule has 0 bridgehead atoms. The fraction of sp³-hybridized carbons (Fsp3) is 0.909. The molecule has 2 rings (SSSR count). The average Bonchev–Trinajstić information content (AvgIpc) is 2.39. The molecule has 0 aromatic heterocycles. The molecule has 1 unspecified atom stereocenters. The lowest BCUT2D eigenvalue weighted by Gasteiger charge is -2.34. The number of carbonyl (C=O) groups is 1. The number of piperidine rings is 1. The normalized spacial score (nSPS) is 26.2. The highest BCUT2D eigenvalue weighted by Gasteiger charge is 2.28. The number of hydrogen-bond donors (Lipinski definition) is 1. The topological polar surface area (TPSA) is 79.0 Å². The van der Waals surface area contributed by atoms with Crippen LogP contribution in [0, 0.1) is 0 Å². The van der Waals surface area contributed by atoms with Gasteiger partial charge in [-0.1, -0.05) is 0 Å². The standard InChI is InChI=1S/C11H21N3O4S/c1-19(16,17)14-4-2-3-10(9-14)12-11(15)13-5-7-18-8-6-13/h10H,2-9H2,1H3,(H,12,15). The zero-order valence-corrected chi connectivity index (χ0v) is 12.0. The largest absolute Gasteiger partial charge is 0.378 e. The lowest BCUT2D eigenvalue weighted by Crippen LogP contribution is -2.54. The Kier molecular flexibility index (Phi) is 4.64. The SMILES string of the molecule is CS(=O)(=O)N1CCCC(NC(=O)N2CCOCC2)C1. The van der Waals surface area contributed by atoms with Crippen molar-refractivity contribution in [1.82, 2.24) is 14.5 Å². The van der Waals surface area contributed by atoms with Gasteiger partial charge in [-0.25, -0.2) is 17.5 Å². The molecule has 2 aliphatic rings. The number of nitrogens with zero attached hydrogens (tertiary/aromatic N) is 2. The van der Waals surface area contributed by atoms with Gasteiger partial charge in [0.2, 0.25) is 10.0 Å². The van der Waals surface area contributed by atoms with Gasteiger partial charge in [0.25, 0.3) is 0 Å². The number of carbonyl (C=O) groups excluding carboxylic acids is 1. The van der Waals surface area contributed by atoms with Crippen molar-refractivity contribution < 1.29 is 17.9 Å². The van der Waals surface area contributed by atoms with Crippen LogP contribution in [0.3, 0.4) is 0 Å².